The summed E-state index contributed by atoms with van der Waals surface area (Å²) in [6.07, 6.45) is 0. The van der Waals surface area contributed by atoms with Gasteiger partial charge in [-0.1, -0.05) is 97.1 Å². The molecule has 6 aromatic rings. The Bertz CT molecular complexity index is 1520. The van der Waals surface area contributed by atoms with Gasteiger partial charge in [-0.2, -0.15) is 0 Å². The van der Waals surface area contributed by atoms with E-state index in [9.17, 15) is 0 Å². The second-order valence-electron chi connectivity index (χ2n) is 7.84. The number of benzene rings is 6. The van der Waals surface area contributed by atoms with Crippen LogP contribution >= 0.6 is 0 Å². The van der Waals surface area contributed by atoms with Crippen LogP contribution in [0.25, 0.3) is 54.6 Å². The zero-order valence-corrected chi connectivity index (χ0v) is 16.5. The Kier molecular flexibility index (Phi) is 3.89. The van der Waals surface area contributed by atoms with Crippen molar-refractivity contribution in [3.05, 3.63) is 121 Å². The van der Waals surface area contributed by atoms with Crippen LogP contribution in [0.2, 0.25) is 0 Å². The smallest absolute Gasteiger partial charge is 0.00988 e. The second-order valence-corrected chi connectivity index (χ2v) is 7.84. The first-order valence-electron chi connectivity index (χ1n) is 10.4. The van der Waals surface area contributed by atoms with Crippen LogP contribution in [0.5, 0.6) is 0 Å². The Labute approximate surface area is 176 Å². The van der Waals surface area contributed by atoms with Crippen LogP contribution in [-0.2, 0) is 0 Å². The van der Waals surface area contributed by atoms with Crippen LogP contribution < -0.4 is 0 Å². The lowest BCUT2D eigenvalue weighted by molar-refractivity contribution is 1.60. The average molecular weight is 380 g/mol. The molecule has 6 rings (SSSR count). The minimum absolute atomic E-state index is 1.25. The molecular formula is C30H20. The van der Waals surface area contributed by atoms with E-state index in [1.165, 1.54) is 54.6 Å². The van der Waals surface area contributed by atoms with Crippen molar-refractivity contribution >= 4 is 32.3 Å². The van der Waals surface area contributed by atoms with Gasteiger partial charge in [0.25, 0.3) is 0 Å². The van der Waals surface area contributed by atoms with E-state index in [0.29, 0.717) is 0 Å². The predicted octanol–water partition coefficient (Wildman–Crippen LogP) is 8.48. The molecule has 0 bridgehead atoms. The molecule has 0 amide bonds. The molecule has 140 valence electrons. The number of hydrogen-bond donors (Lipinski definition) is 0. The first-order valence-corrected chi connectivity index (χ1v) is 10.4. The lowest BCUT2D eigenvalue weighted by Crippen LogP contribution is -1.87. The quantitative estimate of drug-likeness (QED) is 0.264. The lowest BCUT2D eigenvalue weighted by atomic mass is 9.90. The summed E-state index contributed by atoms with van der Waals surface area (Å²) in [6.45, 7) is 0. The summed E-state index contributed by atoms with van der Waals surface area (Å²) in [5.74, 6) is 0. The second kappa shape index (κ2) is 6.86. The van der Waals surface area contributed by atoms with Gasteiger partial charge in [0.2, 0.25) is 0 Å². The summed E-state index contributed by atoms with van der Waals surface area (Å²) in [4.78, 5) is 0. The van der Waals surface area contributed by atoms with Crippen molar-refractivity contribution in [2.45, 2.75) is 0 Å². The van der Waals surface area contributed by atoms with Gasteiger partial charge in [0.05, 0.1) is 0 Å². The van der Waals surface area contributed by atoms with Gasteiger partial charge in [-0.25, -0.2) is 0 Å². The third-order valence-electron chi connectivity index (χ3n) is 6.00. The molecule has 30 heavy (non-hydrogen) atoms. The highest BCUT2D eigenvalue weighted by Crippen LogP contribution is 2.38. The summed E-state index contributed by atoms with van der Waals surface area (Å²) in [6, 6.07) is 43.9. The molecule has 0 aliphatic heterocycles. The van der Waals surface area contributed by atoms with Crippen molar-refractivity contribution in [3.8, 4) is 22.3 Å². The van der Waals surface area contributed by atoms with E-state index < -0.39 is 0 Å². The fourth-order valence-electron chi connectivity index (χ4n) is 4.54. The molecule has 0 spiro atoms. The highest BCUT2D eigenvalue weighted by atomic mass is 14.1. The highest BCUT2D eigenvalue weighted by Gasteiger charge is 2.11. The van der Waals surface area contributed by atoms with Gasteiger partial charge in [0.15, 0.2) is 0 Å². The zero-order chi connectivity index (χ0) is 19.9. The van der Waals surface area contributed by atoms with E-state index >= 15 is 0 Å². The minimum atomic E-state index is 1.25. The topological polar surface area (TPSA) is 0 Å². The van der Waals surface area contributed by atoms with E-state index in [1.54, 1.807) is 0 Å². The standard InChI is InChI=1S/C30H20/c1-2-9-21(10-3-1)27-14-6-7-15-28(27)29-16-8-13-24-19-25-17-22-11-4-5-12-23(22)18-26(25)20-30(24)29/h1-20H. The van der Waals surface area contributed by atoms with Crippen molar-refractivity contribution in [1.82, 2.24) is 0 Å². The van der Waals surface area contributed by atoms with Crippen LogP contribution in [0.15, 0.2) is 121 Å². The molecule has 0 aromatic heterocycles. The van der Waals surface area contributed by atoms with Gasteiger partial charge in [0, 0.05) is 0 Å². The summed E-state index contributed by atoms with van der Waals surface area (Å²) in [5, 5.41) is 7.71. The monoisotopic (exact) mass is 380 g/mol. The lowest BCUT2D eigenvalue weighted by Gasteiger charge is -2.14. The van der Waals surface area contributed by atoms with Crippen LogP contribution in [0.4, 0.5) is 0 Å². The van der Waals surface area contributed by atoms with Gasteiger partial charge >= 0.3 is 0 Å². The molecule has 0 fully saturated rings. The molecule has 0 saturated heterocycles. The fourth-order valence-corrected chi connectivity index (χ4v) is 4.54. The number of hydrogen-bond acceptors (Lipinski definition) is 0. The molecule has 0 atom stereocenters. The SMILES string of the molecule is c1ccc(-c2ccccc2-c2cccc3cc4cc5ccccc5cc4cc23)cc1. The summed E-state index contributed by atoms with van der Waals surface area (Å²) < 4.78 is 0. The van der Waals surface area contributed by atoms with Crippen molar-refractivity contribution < 1.29 is 0 Å². The molecular weight excluding hydrogens is 360 g/mol. The molecule has 0 aliphatic rings. The zero-order valence-electron chi connectivity index (χ0n) is 16.5. The minimum Gasteiger partial charge on any atom is -0.0622 e. The van der Waals surface area contributed by atoms with Gasteiger partial charge < -0.3 is 0 Å². The highest BCUT2D eigenvalue weighted by molar-refractivity contribution is 6.09. The number of fused-ring (bicyclic) bond motifs is 3. The maximum Gasteiger partial charge on any atom is -0.00988 e. The van der Waals surface area contributed by atoms with E-state index in [4.69, 9.17) is 0 Å². The predicted molar refractivity (Wildman–Crippen MR) is 130 cm³/mol. The number of rotatable bonds is 2. The molecule has 0 unspecified atom stereocenters. The fraction of sp³-hybridized carbons (Fsp3) is 0. The third kappa shape index (κ3) is 2.77. The Morgan fingerprint density at radius 3 is 1.60 bits per heavy atom. The first kappa shape index (κ1) is 17.0. The van der Waals surface area contributed by atoms with Crippen molar-refractivity contribution in [3.63, 3.8) is 0 Å². The van der Waals surface area contributed by atoms with Gasteiger partial charge in [-0.05, 0) is 78.8 Å². The molecule has 0 heteroatoms. The van der Waals surface area contributed by atoms with E-state index in [1.807, 2.05) is 0 Å². The molecule has 0 aliphatic carbocycles. The Hall–Kier alpha value is -3.90. The average Bonchev–Trinajstić information content (AvgIpc) is 2.81. The van der Waals surface area contributed by atoms with Crippen LogP contribution in [0, 0.1) is 0 Å². The van der Waals surface area contributed by atoms with Crippen molar-refractivity contribution in [2.75, 3.05) is 0 Å². The van der Waals surface area contributed by atoms with Crippen LogP contribution in [-0.4, -0.2) is 0 Å². The molecule has 0 N–H and O–H groups in total. The largest absolute Gasteiger partial charge is 0.0622 e. The normalized spacial score (nSPS) is 11.3. The summed E-state index contributed by atoms with van der Waals surface area (Å²) >= 11 is 0. The van der Waals surface area contributed by atoms with Gasteiger partial charge in [-0.15, -0.1) is 0 Å². The maximum absolute atomic E-state index is 2.36. The van der Waals surface area contributed by atoms with Gasteiger partial charge in [-0.3, -0.25) is 0 Å². The van der Waals surface area contributed by atoms with E-state index in [0.717, 1.165) is 0 Å². The van der Waals surface area contributed by atoms with Gasteiger partial charge in [0.1, 0.15) is 0 Å². The Morgan fingerprint density at radius 1 is 0.300 bits per heavy atom. The maximum atomic E-state index is 2.36. The summed E-state index contributed by atoms with van der Waals surface area (Å²) in [7, 11) is 0. The van der Waals surface area contributed by atoms with E-state index in [2.05, 4.69) is 121 Å². The van der Waals surface area contributed by atoms with Crippen LogP contribution in [0.1, 0.15) is 0 Å². The molecule has 0 nitrogen and oxygen atoms in total. The Morgan fingerprint density at radius 2 is 0.833 bits per heavy atom. The molecule has 6 aromatic carbocycles. The van der Waals surface area contributed by atoms with E-state index in [-0.39, 0.29) is 0 Å². The Balaban J connectivity index is 1.65. The first-order chi connectivity index (χ1) is 14.9. The molecule has 0 saturated carbocycles. The molecule has 0 heterocycles. The third-order valence-corrected chi connectivity index (χ3v) is 6.00. The summed E-state index contributed by atoms with van der Waals surface area (Å²) in [5.41, 5.74) is 5.07. The van der Waals surface area contributed by atoms with Crippen molar-refractivity contribution in [2.24, 2.45) is 0 Å². The molecule has 0 radical (unpaired) electrons. The van der Waals surface area contributed by atoms with Crippen molar-refractivity contribution in [1.29, 1.82) is 0 Å². The van der Waals surface area contributed by atoms with Crippen LogP contribution in [0.3, 0.4) is 0 Å².